The smallest absolute Gasteiger partial charge is 0.411 e. The zero-order valence-corrected chi connectivity index (χ0v) is 33.8. The van der Waals surface area contributed by atoms with Crippen LogP contribution < -0.4 is 16.0 Å². The molecule has 4 amide bonds. The van der Waals surface area contributed by atoms with Gasteiger partial charge < -0.3 is 29.6 Å². The van der Waals surface area contributed by atoms with Crippen LogP contribution in [0.25, 0.3) is 0 Å². The van der Waals surface area contributed by atoms with Crippen LogP contribution in [0.15, 0.2) is 96.2 Å². The Hall–Kier alpha value is -5.83. The molecule has 0 spiro atoms. The number of benzene rings is 3. The lowest BCUT2D eigenvalue weighted by atomic mass is 10.0. The number of esters is 2. The number of carbonyl (C=O) groups is 6. The van der Waals surface area contributed by atoms with E-state index in [9.17, 15) is 28.8 Å². The topological polar surface area (TPSA) is 179 Å². The molecule has 3 aromatic rings. The van der Waals surface area contributed by atoms with E-state index in [1.807, 2.05) is 60.7 Å². The Kier molecular flexibility index (Phi) is 13.3. The number of nitrogens with one attached hydrogen (secondary N) is 3. The van der Waals surface area contributed by atoms with Crippen LogP contribution in [-0.2, 0) is 44.5 Å². The zero-order chi connectivity index (χ0) is 41.5. The molecule has 2 heterocycles. The van der Waals surface area contributed by atoms with Gasteiger partial charge in [0.15, 0.2) is 12.1 Å². The number of alkyl carbamates (subject to hydrolysis) is 1. The number of carbonyl (C=O) groups excluding carboxylic acids is 6. The van der Waals surface area contributed by atoms with E-state index in [0.29, 0.717) is 22.6 Å². The second-order valence-electron chi connectivity index (χ2n) is 15.5. The molecule has 0 aliphatic carbocycles. The summed E-state index contributed by atoms with van der Waals surface area (Å²) in [5.41, 5.74) is 1.73. The summed E-state index contributed by atoms with van der Waals surface area (Å²) >= 11 is 1.46. The van der Waals surface area contributed by atoms with E-state index in [2.05, 4.69) is 16.0 Å². The molecule has 1 fully saturated rings. The average Bonchev–Trinajstić information content (AvgIpc) is 3.14. The van der Waals surface area contributed by atoms with Crippen LogP contribution in [0.5, 0.6) is 0 Å². The maximum Gasteiger partial charge on any atom is 0.411 e. The maximum atomic E-state index is 13.7. The van der Waals surface area contributed by atoms with Crippen LogP contribution >= 0.6 is 11.8 Å². The van der Waals surface area contributed by atoms with E-state index >= 15 is 0 Å². The van der Waals surface area contributed by atoms with Crippen molar-refractivity contribution in [1.29, 1.82) is 0 Å². The molecular weight excluding hydrogens is 753 g/mol. The lowest BCUT2D eigenvalue weighted by molar-refractivity contribution is -0.158. The molecule has 15 heteroatoms. The van der Waals surface area contributed by atoms with Gasteiger partial charge in [0.1, 0.15) is 34.9 Å². The second kappa shape index (κ2) is 18.0. The van der Waals surface area contributed by atoms with Crippen molar-refractivity contribution in [1.82, 2.24) is 15.5 Å². The van der Waals surface area contributed by atoms with Crippen molar-refractivity contribution in [3.05, 3.63) is 113 Å². The highest BCUT2D eigenvalue weighted by molar-refractivity contribution is 8.00. The maximum absolute atomic E-state index is 13.7. The summed E-state index contributed by atoms with van der Waals surface area (Å²) in [7, 11) is 0. The third kappa shape index (κ3) is 11.6. The van der Waals surface area contributed by atoms with Gasteiger partial charge in [-0.15, -0.1) is 11.8 Å². The minimum atomic E-state index is -1.33. The Balaban J connectivity index is 1.13. The summed E-state index contributed by atoms with van der Waals surface area (Å²) in [5, 5.41) is 7.25. The van der Waals surface area contributed by atoms with Crippen molar-refractivity contribution in [2.45, 2.75) is 89.7 Å². The average molecular weight is 801 g/mol. The van der Waals surface area contributed by atoms with Gasteiger partial charge in [-0.3, -0.25) is 19.8 Å². The highest BCUT2D eigenvalue weighted by Gasteiger charge is 2.54. The number of anilines is 1. The number of amides is 4. The number of fused-ring (bicyclic) bond motifs is 1. The van der Waals surface area contributed by atoms with E-state index in [-0.39, 0.29) is 12.1 Å². The van der Waals surface area contributed by atoms with E-state index in [1.165, 1.54) is 16.7 Å². The Labute approximate surface area is 336 Å². The van der Waals surface area contributed by atoms with Crippen LogP contribution in [0.1, 0.15) is 71.3 Å². The Bertz CT molecular complexity index is 1950. The number of hydrogen-bond donors (Lipinski definition) is 3. The van der Waals surface area contributed by atoms with Crippen molar-refractivity contribution in [3.8, 4) is 0 Å². The number of ether oxygens (including phenoxy) is 4. The van der Waals surface area contributed by atoms with Gasteiger partial charge in [0.05, 0.1) is 6.42 Å². The molecule has 14 nitrogen and oxygen atoms in total. The van der Waals surface area contributed by atoms with Crippen molar-refractivity contribution < 1.29 is 47.7 Å². The Morgan fingerprint density at radius 3 is 1.95 bits per heavy atom. The Morgan fingerprint density at radius 1 is 0.807 bits per heavy atom. The van der Waals surface area contributed by atoms with E-state index in [0.717, 1.165) is 11.1 Å². The van der Waals surface area contributed by atoms with Gasteiger partial charge in [-0.2, -0.15) is 0 Å². The number of β-lactam (4-membered cyclic amide) rings is 1. The third-order valence-corrected chi connectivity index (χ3v) is 9.85. The van der Waals surface area contributed by atoms with Crippen LogP contribution in [0.3, 0.4) is 0 Å². The van der Waals surface area contributed by atoms with Crippen molar-refractivity contribution in [2.24, 2.45) is 0 Å². The van der Waals surface area contributed by atoms with Gasteiger partial charge in [0, 0.05) is 11.4 Å². The molecule has 1 saturated heterocycles. The molecule has 3 N–H and O–H groups in total. The molecule has 0 bridgehead atoms. The second-order valence-corrected chi connectivity index (χ2v) is 16.6. The van der Waals surface area contributed by atoms with E-state index in [1.54, 1.807) is 72.7 Å². The fourth-order valence-electron chi connectivity index (χ4n) is 5.93. The van der Waals surface area contributed by atoms with Crippen LogP contribution in [0.2, 0.25) is 0 Å². The largest absolute Gasteiger partial charge is 0.458 e. The summed E-state index contributed by atoms with van der Waals surface area (Å²) in [4.78, 5) is 79.4. The lowest BCUT2D eigenvalue weighted by Gasteiger charge is -2.49. The fourth-order valence-corrected chi connectivity index (χ4v) is 7.22. The van der Waals surface area contributed by atoms with Crippen molar-refractivity contribution in [3.63, 3.8) is 0 Å². The van der Waals surface area contributed by atoms with Gasteiger partial charge in [0.25, 0.3) is 5.91 Å². The molecule has 1 unspecified atom stereocenters. The quantitative estimate of drug-likeness (QED) is 0.111. The minimum Gasteiger partial charge on any atom is -0.458 e. The van der Waals surface area contributed by atoms with Gasteiger partial charge in [-0.1, -0.05) is 72.8 Å². The molecule has 0 saturated carbocycles. The van der Waals surface area contributed by atoms with E-state index < -0.39 is 77.3 Å². The highest BCUT2D eigenvalue weighted by Crippen LogP contribution is 2.41. The third-order valence-electron chi connectivity index (χ3n) is 8.43. The minimum absolute atomic E-state index is 0.0562. The first kappa shape index (κ1) is 42.3. The van der Waals surface area contributed by atoms with Crippen LogP contribution in [-0.4, -0.2) is 81.9 Å². The molecule has 302 valence electrons. The van der Waals surface area contributed by atoms with E-state index in [4.69, 9.17) is 18.9 Å². The normalized spacial score (nSPS) is 17.1. The number of nitrogens with zero attached hydrogens (tertiary/aromatic N) is 1. The van der Waals surface area contributed by atoms with Crippen LogP contribution in [0, 0.1) is 0 Å². The molecule has 2 aliphatic heterocycles. The number of thioether (sulfide) groups is 1. The first-order valence-corrected chi connectivity index (χ1v) is 19.4. The molecule has 3 atom stereocenters. The molecule has 0 aromatic heterocycles. The summed E-state index contributed by atoms with van der Waals surface area (Å²) in [6, 6.07) is 23.0. The molecule has 3 aromatic carbocycles. The highest BCUT2D eigenvalue weighted by atomic mass is 32.2. The van der Waals surface area contributed by atoms with Gasteiger partial charge in [-0.25, -0.2) is 19.2 Å². The monoisotopic (exact) mass is 800 g/mol. The summed E-state index contributed by atoms with van der Waals surface area (Å²) < 4.78 is 21.9. The molecular formula is C42H48N4O10S. The van der Waals surface area contributed by atoms with Gasteiger partial charge >= 0.3 is 24.1 Å². The first-order chi connectivity index (χ1) is 26.9. The predicted octanol–water partition coefficient (Wildman–Crippen LogP) is 6.02. The summed E-state index contributed by atoms with van der Waals surface area (Å²) in [5.74, 6) is -1.76. The number of rotatable bonds is 12. The molecule has 2 aliphatic rings. The Morgan fingerprint density at radius 2 is 1.39 bits per heavy atom. The first-order valence-electron chi connectivity index (χ1n) is 18.4. The molecule has 0 radical (unpaired) electrons. The van der Waals surface area contributed by atoms with Crippen molar-refractivity contribution >= 4 is 53.4 Å². The standard InChI is InChI=1S/C42H48N4O10S/c1-25-24-57-36-32(35(48)46(36)33(25)38(50)54-34(27-14-10-8-11-15-27)28-16-12-9-13-17-28)45-31(47)22-26-18-20-29(21-19-26)43-39(51)53-23-30(37(49)55-41(2,3)4)44-40(52)56-42(5,6)7/h8-21,30,32,34,36H,22-24H2,1-7H3,(H,43,51)(H,44,52)(H,45,47)/t30?,32-,36-/m1/s1. The fraction of sp³-hybridized carbons (Fsp3) is 0.381. The molecule has 5 rings (SSSR count). The lowest BCUT2D eigenvalue weighted by Crippen LogP contribution is -2.70. The number of hydrogen-bond acceptors (Lipinski definition) is 11. The van der Waals surface area contributed by atoms with Gasteiger partial charge in [-0.05, 0) is 82.9 Å². The molecule has 57 heavy (non-hydrogen) atoms. The summed E-state index contributed by atoms with van der Waals surface area (Å²) in [6.45, 7) is 11.2. The predicted molar refractivity (Wildman–Crippen MR) is 213 cm³/mol. The zero-order valence-electron chi connectivity index (χ0n) is 33.0. The summed E-state index contributed by atoms with van der Waals surface area (Å²) in [6.07, 6.45) is -2.52. The van der Waals surface area contributed by atoms with Crippen molar-refractivity contribution in [2.75, 3.05) is 17.7 Å². The van der Waals surface area contributed by atoms with Crippen LogP contribution in [0.4, 0.5) is 15.3 Å². The SMILES string of the molecule is CC1=C(C(=O)OC(c2ccccc2)c2ccccc2)N2C(=O)[C@@H](NC(=O)Cc3ccc(NC(=O)OCC(NC(=O)OC(C)(C)C)C(=O)OC(C)(C)C)cc3)[C@H]2SC1. The van der Waals surface area contributed by atoms with Gasteiger partial charge in [0.2, 0.25) is 5.91 Å².